The van der Waals surface area contributed by atoms with Crippen LogP contribution in [0, 0.1) is 6.92 Å². The molecule has 2 aromatic carbocycles. The number of hydrogen-bond donors (Lipinski definition) is 2. The Morgan fingerprint density at radius 2 is 1.72 bits per heavy atom. The minimum atomic E-state index is -3.61. The zero-order valence-electron chi connectivity index (χ0n) is 21.2. The first-order valence-electron chi connectivity index (χ1n) is 10.9. The lowest BCUT2D eigenvalue weighted by molar-refractivity contribution is 0.0593. The second-order valence-electron chi connectivity index (χ2n) is 9.22. The highest BCUT2D eigenvalue weighted by molar-refractivity contribution is 7.92. The second-order valence-corrected chi connectivity index (χ2v) is 11.0. The summed E-state index contributed by atoms with van der Waals surface area (Å²) in [5, 5.41) is 10.6. The molecule has 0 aliphatic rings. The van der Waals surface area contributed by atoms with Crippen LogP contribution < -0.4 is 14.8 Å². The van der Waals surface area contributed by atoms with Crippen molar-refractivity contribution in [2.75, 3.05) is 30.5 Å². The fraction of sp³-hybridized carbons (Fsp3) is 0.333. The number of amides is 1. The average Bonchev–Trinajstić information content (AvgIpc) is 3.27. The van der Waals surface area contributed by atoms with Gasteiger partial charge < -0.3 is 14.8 Å². The first-order chi connectivity index (χ1) is 16.7. The Kier molecular flexibility index (Phi) is 7.39. The van der Waals surface area contributed by atoms with Crippen LogP contribution in [0.1, 0.15) is 52.7 Å². The number of esters is 1. The topological polar surface area (TPSA) is 142 Å². The van der Waals surface area contributed by atoms with E-state index in [4.69, 9.17) is 4.74 Å². The third-order valence-corrected chi connectivity index (χ3v) is 5.90. The van der Waals surface area contributed by atoms with Crippen molar-refractivity contribution in [2.24, 2.45) is 0 Å². The minimum Gasteiger partial charge on any atom is -0.492 e. The first kappa shape index (κ1) is 26.7. The van der Waals surface area contributed by atoms with Gasteiger partial charge in [0, 0.05) is 5.56 Å². The molecule has 12 heteroatoms. The molecule has 0 atom stereocenters. The Morgan fingerprint density at radius 1 is 1.06 bits per heavy atom. The molecule has 0 radical (unpaired) electrons. The number of rotatable bonds is 7. The highest BCUT2D eigenvalue weighted by atomic mass is 32.2. The molecule has 0 unspecified atom stereocenters. The fourth-order valence-electron chi connectivity index (χ4n) is 3.42. The number of aromatic nitrogens is 3. The summed E-state index contributed by atoms with van der Waals surface area (Å²) in [6, 6.07) is 8.42. The van der Waals surface area contributed by atoms with E-state index in [1.54, 1.807) is 30.3 Å². The summed E-state index contributed by atoms with van der Waals surface area (Å²) < 4.78 is 37.9. The Bertz CT molecular complexity index is 1420. The number of aryl methyl sites for hydroxylation is 1. The van der Waals surface area contributed by atoms with Gasteiger partial charge >= 0.3 is 5.97 Å². The van der Waals surface area contributed by atoms with Gasteiger partial charge in [0.05, 0.1) is 43.7 Å². The quantitative estimate of drug-likeness (QED) is 0.457. The molecule has 0 fully saturated rings. The van der Waals surface area contributed by atoms with Crippen LogP contribution in [0.2, 0.25) is 0 Å². The van der Waals surface area contributed by atoms with Gasteiger partial charge in [-0.3, -0.25) is 9.52 Å². The van der Waals surface area contributed by atoms with Gasteiger partial charge in [0.2, 0.25) is 10.0 Å². The molecule has 3 aromatic rings. The van der Waals surface area contributed by atoms with Gasteiger partial charge in [0.25, 0.3) is 5.91 Å². The minimum absolute atomic E-state index is 0.0291. The van der Waals surface area contributed by atoms with Gasteiger partial charge in [-0.25, -0.2) is 17.9 Å². The molecule has 0 spiro atoms. The largest absolute Gasteiger partial charge is 0.492 e. The highest BCUT2D eigenvalue weighted by Gasteiger charge is 2.23. The van der Waals surface area contributed by atoms with E-state index in [-0.39, 0.29) is 22.5 Å². The van der Waals surface area contributed by atoms with Gasteiger partial charge in [-0.15, -0.1) is 5.10 Å². The maximum absolute atomic E-state index is 13.3. The Balaban J connectivity index is 2.03. The van der Waals surface area contributed by atoms with E-state index in [9.17, 15) is 18.0 Å². The molecule has 3 rings (SSSR count). The van der Waals surface area contributed by atoms with Crippen molar-refractivity contribution in [1.29, 1.82) is 0 Å². The average molecular weight is 516 g/mol. The Morgan fingerprint density at radius 3 is 2.31 bits per heavy atom. The van der Waals surface area contributed by atoms with Crippen molar-refractivity contribution in [3.8, 4) is 11.4 Å². The number of ether oxygens (including phenoxy) is 2. The third kappa shape index (κ3) is 6.00. The summed E-state index contributed by atoms with van der Waals surface area (Å²) in [7, 11) is -0.969. The summed E-state index contributed by atoms with van der Waals surface area (Å²) in [5.41, 5.74) is 2.61. The number of hydrogen-bond acceptors (Lipinski definition) is 8. The molecule has 0 bridgehead atoms. The van der Waals surface area contributed by atoms with E-state index >= 15 is 0 Å². The Hall–Kier alpha value is -3.93. The number of nitrogens with zero attached hydrogens (tertiary/aromatic N) is 3. The molecule has 0 saturated heterocycles. The summed E-state index contributed by atoms with van der Waals surface area (Å²) in [4.78, 5) is 25.0. The predicted molar refractivity (Wildman–Crippen MR) is 136 cm³/mol. The zero-order valence-corrected chi connectivity index (χ0v) is 22.0. The molecule has 2 N–H and O–H groups in total. The number of nitrogens with one attached hydrogen (secondary N) is 2. The molecular formula is C24H29N5O6S. The SMILES string of the molecule is COC(=O)c1cn(-c2cc(C(=O)Nc3cc(C(C)(C)C)cc(NS(C)(=O)=O)c3OC)ccc2C)nn1. The summed E-state index contributed by atoms with van der Waals surface area (Å²) in [6.07, 6.45) is 2.45. The summed E-state index contributed by atoms with van der Waals surface area (Å²) in [6.45, 7) is 7.74. The fourth-order valence-corrected chi connectivity index (χ4v) is 3.97. The summed E-state index contributed by atoms with van der Waals surface area (Å²) >= 11 is 0. The maximum Gasteiger partial charge on any atom is 0.360 e. The van der Waals surface area contributed by atoms with Crippen LogP contribution in [0.3, 0.4) is 0 Å². The molecular weight excluding hydrogens is 486 g/mol. The van der Waals surface area contributed by atoms with E-state index in [1.807, 2.05) is 27.7 Å². The van der Waals surface area contributed by atoms with Crippen molar-refractivity contribution >= 4 is 33.3 Å². The number of anilines is 2. The van der Waals surface area contributed by atoms with Crippen LogP contribution in [-0.4, -0.2) is 55.8 Å². The molecule has 192 valence electrons. The molecule has 1 amide bonds. The van der Waals surface area contributed by atoms with Crippen LogP contribution in [0.4, 0.5) is 11.4 Å². The van der Waals surface area contributed by atoms with Crippen molar-refractivity contribution in [2.45, 2.75) is 33.1 Å². The van der Waals surface area contributed by atoms with Gasteiger partial charge in [-0.05, 0) is 47.7 Å². The van der Waals surface area contributed by atoms with Crippen LogP contribution in [0.15, 0.2) is 36.5 Å². The van der Waals surface area contributed by atoms with E-state index in [2.05, 4.69) is 25.1 Å². The Labute approximate surface area is 209 Å². The van der Waals surface area contributed by atoms with Gasteiger partial charge in [0.1, 0.15) is 0 Å². The van der Waals surface area contributed by atoms with E-state index < -0.39 is 21.9 Å². The number of methoxy groups -OCH3 is 2. The molecule has 0 aliphatic carbocycles. The number of carbonyl (C=O) groups excluding carboxylic acids is 2. The first-order valence-corrected chi connectivity index (χ1v) is 12.8. The van der Waals surface area contributed by atoms with Gasteiger partial charge in [-0.2, -0.15) is 0 Å². The molecule has 0 saturated carbocycles. The standard InChI is InChI=1S/C24H29N5O6S/c1-14-8-9-15(10-20(14)29-13-19(26-28-29)23(31)35-6)22(30)25-17-11-16(24(2,3)4)12-18(21(17)34-5)27-36(7,32)33/h8-13,27H,1-7H3,(H,25,30). The van der Waals surface area contributed by atoms with Crippen LogP contribution >= 0.6 is 0 Å². The highest BCUT2D eigenvalue weighted by Crippen LogP contribution is 2.39. The molecule has 1 aromatic heterocycles. The monoisotopic (exact) mass is 515 g/mol. The lowest BCUT2D eigenvalue weighted by Gasteiger charge is -2.24. The van der Waals surface area contributed by atoms with Crippen LogP contribution in [0.25, 0.3) is 5.69 Å². The molecule has 11 nitrogen and oxygen atoms in total. The molecule has 1 heterocycles. The van der Waals surface area contributed by atoms with Crippen molar-refractivity contribution in [3.63, 3.8) is 0 Å². The zero-order chi connectivity index (χ0) is 26.8. The number of benzene rings is 2. The van der Waals surface area contributed by atoms with Crippen molar-refractivity contribution < 1.29 is 27.5 Å². The lowest BCUT2D eigenvalue weighted by Crippen LogP contribution is -2.18. The summed E-state index contributed by atoms with van der Waals surface area (Å²) in [5.74, 6) is -0.913. The van der Waals surface area contributed by atoms with Gasteiger partial charge in [-0.1, -0.05) is 32.1 Å². The van der Waals surface area contributed by atoms with E-state index in [1.165, 1.54) is 25.1 Å². The number of sulfonamides is 1. The van der Waals surface area contributed by atoms with Crippen molar-refractivity contribution in [3.05, 3.63) is 58.9 Å². The van der Waals surface area contributed by atoms with Gasteiger partial charge in [0.15, 0.2) is 11.4 Å². The van der Waals surface area contributed by atoms with Crippen LogP contribution in [0.5, 0.6) is 5.75 Å². The van der Waals surface area contributed by atoms with E-state index in [0.29, 0.717) is 16.9 Å². The second kappa shape index (κ2) is 9.97. The molecule has 0 aliphatic heterocycles. The number of carbonyl (C=O) groups is 2. The maximum atomic E-state index is 13.3. The predicted octanol–water partition coefficient (Wildman–Crippen LogP) is 3.29. The third-order valence-electron chi connectivity index (χ3n) is 5.31. The van der Waals surface area contributed by atoms with Crippen LogP contribution in [-0.2, 0) is 20.2 Å². The van der Waals surface area contributed by atoms with Crippen molar-refractivity contribution in [1.82, 2.24) is 15.0 Å². The lowest BCUT2D eigenvalue weighted by atomic mass is 9.86. The normalized spacial score (nSPS) is 11.6. The van der Waals surface area contributed by atoms with E-state index in [0.717, 1.165) is 17.4 Å². The smallest absolute Gasteiger partial charge is 0.360 e. The molecule has 36 heavy (non-hydrogen) atoms.